The molecule has 0 spiro atoms. The number of hydrogen-bond donors (Lipinski definition) is 0. The maximum absolute atomic E-state index is 12.1. The maximum Gasteiger partial charge on any atom is 0.237 e. The zero-order valence-corrected chi connectivity index (χ0v) is 13.0. The summed E-state index contributed by atoms with van der Waals surface area (Å²) in [5.74, 6) is 0.161. The number of rotatable bonds is 3. The summed E-state index contributed by atoms with van der Waals surface area (Å²) < 4.78 is 5.23. The fraction of sp³-hybridized carbons (Fsp3) is 0.833. The number of hydrogen-bond acceptors (Lipinski definition) is 4. The summed E-state index contributed by atoms with van der Waals surface area (Å²) in [6.07, 6.45) is 0. The molecular weight excluding hydrogens is 305 g/mol. The molecule has 2 rings (SSSR count). The molecule has 0 unspecified atom stereocenters. The minimum Gasteiger partial charge on any atom is -0.378 e. The molecule has 0 N–H and O–H groups in total. The minimum atomic E-state index is -0.0270. The van der Waals surface area contributed by atoms with E-state index in [1.165, 1.54) is 0 Å². The van der Waals surface area contributed by atoms with E-state index in [0.717, 1.165) is 13.1 Å². The molecule has 2 aliphatic rings. The van der Waals surface area contributed by atoms with E-state index in [1.807, 2.05) is 4.90 Å². The van der Waals surface area contributed by atoms with Crippen LogP contribution in [0.1, 0.15) is 0 Å². The zero-order valence-electron chi connectivity index (χ0n) is 11.4. The van der Waals surface area contributed by atoms with Crippen molar-refractivity contribution in [2.75, 3.05) is 64.9 Å². The number of amides is 2. The highest BCUT2D eigenvalue weighted by atomic mass is 35.5. The molecule has 0 aliphatic carbocycles. The number of nitrogens with zero attached hydrogens (tertiary/aromatic N) is 3. The summed E-state index contributed by atoms with van der Waals surface area (Å²) in [4.78, 5) is 29.2. The lowest BCUT2D eigenvalue weighted by atomic mass is 10.3. The molecule has 2 aliphatic heterocycles. The van der Waals surface area contributed by atoms with Crippen molar-refractivity contribution in [3.8, 4) is 0 Å². The van der Waals surface area contributed by atoms with Crippen molar-refractivity contribution in [3.05, 3.63) is 0 Å². The SMILES string of the molecule is Cl.O=C(CCl)N1CCN(CC(=O)N2CCOCC2)CC1. The predicted molar refractivity (Wildman–Crippen MR) is 78.4 cm³/mol. The van der Waals surface area contributed by atoms with Gasteiger partial charge < -0.3 is 14.5 Å². The van der Waals surface area contributed by atoms with E-state index in [2.05, 4.69) is 4.90 Å². The highest BCUT2D eigenvalue weighted by Crippen LogP contribution is 2.05. The van der Waals surface area contributed by atoms with Crippen molar-refractivity contribution >= 4 is 35.8 Å². The number of carbonyl (C=O) groups excluding carboxylic acids is 2. The van der Waals surface area contributed by atoms with Crippen LogP contribution in [-0.4, -0.2) is 91.4 Å². The van der Waals surface area contributed by atoms with Crippen LogP contribution in [0.3, 0.4) is 0 Å². The number of piperazine rings is 1. The highest BCUT2D eigenvalue weighted by Gasteiger charge is 2.24. The average molecular weight is 326 g/mol. The summed E-state index contributed by atoms with van der Waals surface area (Å²) in [5, 5.41) is 0. The van der Waals surface area contributed by atoms with E-state index in [9.17, 15) is 9.59 Å². The molecule has 6 nitrogen and oxygen atoms in total. The lowest BCUT2D eigenvalue weighted by molar-refractivity contribution is -0.137. The van der Waals surface area contributed by atoms with Crippen LogP contribution in [0, 0.1) is 0 Å². The Labute approximate surface area is 130 Å². The molecule has 2 amide bonds. The van der Waals surface area contributed by atoms with Gasteiger partial charge in [0, 0.05) is 39.3 Å². The van der Waals surface area contributed by atoms with Crippen LogP contribution in [-0.2, 0) is 14.3 Å². The normalized spacial score (nSPS) is 20.4. The largest absolute Gasteiger partial charge is 0.378 e. The van der Waals surface area contributed by atoms with Crippen molar-refractivity contribution in [3.63, 3.8) is 0 Å². The van der Waals surface area contributed by atoms with E-state index in [-0.39, 0.29) is 30.1 Å². The lowest BCUT2D eigenvalue weighted by Crippen LogP contribution is -2.52. The van der Waals surface area contributed by atoms with Gasteiger partial charge in [-0.25, -0.2) is 0 Å². The van der Waals surface area contributed by atoms with Gasteiger partial charge in [-0.1, -0.05) is 0 Å². The first-order valence-corrected chi connectivity index (χ1v) is 7.16. The Morgan fingerprint density at radius 1 is 0.900 bits per heavy atom. The number of alkyl halides is 1. The molecule has 116 valence electrons. The topological polar surface area (TPSA) is 53.1 Å². The summed E-state index contributed by atoms with van der Waals surface area (Å²) >= 11 is 5.53. The van der Waals surface area contributed by atoms with Gasteiger partial charge in [0.05, 0.1) is 19.8 Å². The second-order valence-corrected chi connectivity index (χ2v) is 5.05. The predicted octanol–water partition coefficient (Wildman–Crippen LogP) is -0.350. The Kier molecular flexibility index (Phi) is 7.58. The quantitative estimate of drug-likeness (QED) is 0.666. The van der Waals surface area contributed by atoms with Gasteiger partial charge in [-0.15, -0.1) is 24.0 Å². The fourth-order valence-electron chi connectivity index (χ4n) is 2.34. The zero-order chi connectivity index (χ0) is 13.7. The molecule has 0 aromatic heterocycles. The summed E-state index contributed by atoms with van der Waals surface area (Å²) in [7, 11) is 0. The molecule has 0 bridgehead atoms. The van der Waals surface area contributed by atoms with Crippen LogP contribution >= 0.6 is 24.0 Å². The molecule has 8 heteroatoms. The van der Waals surface area contributed by atoms with E-state index < -0.39 is 0 Å². The third-order valence-corrected chi connectivity index (χ3v) is 3.79. The van der Waals surface area contributed by atoms with Gasteiger partial charge in [-0.3, -0.25) is 14.5 Å². The molecule has 0 atom stereocenters. The van der Waals surface area contributed by atoms with Crippen molar-refractivity contribution in [1.82, 2.24) is 14.7 Å². The molecule has 0 aromatic carbocycles. The number of morpholine rings is 1. The monoisotopic (exact) mass is 325 g/mol. The van der Waals surface area contributed by atoms with E-state index in [0.29, 0.717) is 45.9 Å². The maximum atomic E-state index is 12.1. The van der Waals surface area contributed by atoms with Crippen molar-refractivity contribution in [2.45, 2.75) is 0 Å². The fourth-order valence-corrected chi connectivity index (χ4v) is 2.51. The number of carbonyl (C=O) groups is 2. The smallest absolute Gasteiger partial charge is 0.237 e. The first-order chi connectivity index (χ1) is 9.20. The molecule has 2 saturated heterocycles. The Bertz CT molecular complexity index is 330. The van der Waals surface area contributed by atoms with Crippen molar-refractivity contribution in [2.24, 2.45) is 0 Å². The second-order valence-electron chi connectivity index (χ2n) is 4.78. The standard InChI is InChI=1S/C12H20ClN3O3.ClH/c13-9-11(17)15-3-1-14(2-4-15)10-12(18)16-5-7-19-8-6-16;/h1-10H2;1H. The van der Waals surface area contributed by atoms with Crippen LogP contribution < -0.4 is 0 Å². The Hall–Kier alpha value is -0.560. The third kappa shape index (κ3) is 4.77. The summed E-state index contributed by atoms with van der Waals surface area (Å²) in [6.45, 7) is 5.84. The van der Waals surface area contributed by atoms with Gasteiger partial charge in [0.15, 0.2) is 0 Å². The molecule has 2 heterocycles. The Balaban J connectivity index is 0.00000200. The third-order valence-electron chi connectivity index (χ3n) is 3.56. The van der Waals surface area contributed by atoms with E-state index >= 15 is 0 Å². The lowest BCUT2D eigenvalue weighted by Gasteiger charge is -2.35. The second kappa shape index (κ2) is 8.67. The average Bonchev–Trinajstić information content (AvgIpc) is 2.48. The molecule has 0 saturated carbocycles. The first-order valence-electron chi connectivity index (χ1n) is 6.62. The molecular formula is C12H21Cl2N3O3. The number of halogens is 2. The van der Waals surface area contributed by atoms with Gasteiger partial charge in [0.2, 0.25) is 11.8 Å². The van der Waals surface area contributed by atoms with Gasteiger partial charge in [-0.2, -0.15) is 0 Å². The Morgan fingerprint density at radius 2 is 1.45 bits per heavy atom. The number of ether oxygens (including phenoxy) is 1. The van der Waals surface area contributed by atoms with Crippen LogP contribution in [0.4, 0.5) is 0 Å². The van der Waals surface area contributed by atoms with Crippen LogP contribution in [0.5, 0.6) is 0 Å². The van der Waals surface area contributed by atoms with Crippen molar-refractivity contribution < 1.29 is 14.3 Å². The van der Waals surface area contributed by atoms with Gasteiger partial charge in [-0.05, 0) is 0 Å². The van der Waals surface area contributed by atoms with E-state index in [1.54, 1.807) is 4.90 Å². The summed E-state index contributed by atoms with van der Waals surface area (Å²) in [6, 6.07) is 0. The summed E-state index contributed by atoms with van der Waals surface area (Å²) in [5.41, 5.74) is 0. The van der Waals surface area contributed by atoms with Gasteiger partial charge >= 0.3 is 0 Å². The van der Waals surface area contributed by atoms with E-state index in [4.69, 9.17) is 16.3 Å². The minimum absolute atomic E-state index is 0. The van der Waals surface area contributed by atoms with Gasteiger partial charge in [0.25, 0.3) is 0 Å². The molecule has 0 aromatic rings. The Morgan fingerprint density at radius 3 is 2.00 bits per heavy atom. The van der Waals surface area contributed by atoms with Crippen molar-refractivity contribution in [1.29, 1.82) is 0 Å². The highest BCUT2D eigenvalue weighted by molar-refractivity contribution is 6.27. The molecule has 20 heavy (non-hydrogen) atoms. The van der Waals surface area contributed by atoms with Crippen LogP contribution in [0.15, 0.2) is 0 Å². The van der Waals surface area contributed by atoms with Gasteiger partial charge in [0.1, 0.15) is 5.88 Å². The van der Waals surface area contributed by atoms with Crippen LogP contribution in [0.25, 0.3) is 0 Å². The van der Waals surface area contributed by atoms with Crippen LogP contribution in [0.2, 0.25) is 0 Å². The molecule has 2 fully saturated rings. The first kappa shape index (κ1) is 17.5. The molecule has 0 radical (unpaired) electrons.